The molecule has 0 spiro atoms. The number of rotatable bonds is 7. The second-order valence-corrected chi connectivity index (χ2v) is 9.04. The Morgan fingerprint density at radius 1 is 1.29 bits per heavy atom. The largest absolute Gasteiger partial charge is 0.496 e. The Balaban J connectivity index is 1.73. The molecule has 0 N–H and O–H groups in total. The number of nitrogens with zero attached hydrogens (tertiary/aromatic N) is 4. The van der Waals surface area contributed by atoms with Crippen molar-refractivity contribution >= 4 is 28.7 Å². The van der Waals surface area contributed by atoms with Crippen LogP contribution in [0.1, 0.15) is 61.8 Å². The number of amides is 1. The first-order valence-corrected chi connectivity index (χ1v) is 11.3. The molecule has 31 heavy (non-hydrogen) atoms. The van der Waals surface area contributed by atoms with Crippen LogP contribution in [0.25, 0.3) is 11.2 Å². The molecule has 0 aliphatic heterocycles. The molecule has 1 saturated carbocycles. The molecule has 2 heterocycles. The molecule has 6 nitrogen and oxygen atoms in total. The average Bonchev–Trinajstić information content (AvgIpc) is 3.39. The standard InChI is InChI=1S/C24H29ClN4O2/c1-16(2)14-28(24(30)19-11-10-17(25)13-21(19)31-3)15-22-27-20-9-6-12-26-23(20)29(22)18-7-4-5-8-18/h6,9-13,16,18H,4-5,7-8,14-15H2,1-3H3. The van der Waals surface area contributed by atoms with Gasteiger partial charge in [-0.2, -0.15) is 0 Å². The summed E-state index contributed by atoms with van der Waals surface area (Å²) in [6.07, 6.45) is 6.49. The SMILES string of the molecule is COc1cc(Cl)ccc1C(=O)N(Cc1nc2cccnc2n1C1CCCC1)CC(C)C. The van der Waals surface area contributed by atoms with Crippen LogP contribution in [0.3, 0.4) is 0 Å². The molecule has 0 radical (unpaired) electrons. The van der Waals surface area contributed by atoms with Crippen molar-refractivity contribution in [1.82, 2.24) is 19.4 Å². The lowest BCUT2D eigenvalue weighted by atomic mass is 10.1. The van der Waals surface area contributed by atoms with Crippen LogP contribution in [-0.4, -0.2) is 39.0 Å². The van der Waals surface area contributed by atoms with Gasteiger partial charge in [0.25, 0.3) is 5.91 Å². The monoisotopic (exact) mass is 440 g/mol. The molecule has 1 aliphatic rings. The molecule has 3 aromatic rings. The van der Waals surface area contributed by atoms with E-state index in [0.717, 1.165) is 29.8 Å². The van der Waals surface area contributed by atoms with Crippen molar-refractivity contribution in [3.8, 4) is 5.75 Å². The lowest BCUT2D eigenvalue weighted by molar-refractivity contribution is 0.0712. The first-order chi connectivity index (χ1) is 15.0. The maximum absolute atomic E-state index is 13.6. The number of aromatic nitrogens is 3. The first-order valence-electron chi connectivity index (χ1n) is 10.9. The zero-order valence-corrected chi connectivity index (χ0v) is 19.1. The van der Waals surface area contributed by atoms with Gasteiger partial charge in [0.05, 0.1) is 19.2 Å². The minimum Gasteiger partial charge on any atom is -0.496 e. The Labute approximate surface area is 188 Å². The van der Waals surface area contributed by atoms with E-state index in [-0.39, 0.29) is 5.91 Å². The molecule has 1 fully saturated rings. The van der Waals surface area contributed by atoms with E-state index >= 15 is 0 Å². The van der Waals surface area contributed by atoms with Gasteiger partial charge in [0.15, 0.2) is 5.65 Å². The minimum atomic E-state index is -0.0831. The molecule has 0 unspecified atom stereocenters. The number of imidazole rings is 1. The molecule has 0 saturated heterocycles. The van der Waals surface area contributed by atoms with Crippen molar-refractivity contribution < 1.29 is 9.53 Å². The number of carbonyl (C=O) groups is 1. The number of ether oxygens (including phenoxy) is 1. The predicted molar refractivity (Wildman–Crippen MR) is 123 cm³/mol. The quantitative estimate of drug-likeness (QED) is 0.486. The summed E-state index contributed by atoms with van der Waals surface area (Å²) in [6, 6.07) is 9.43. The molecular weight excluding hydrogens is 412 g/mol. The van der Waals surface area contributed by atoms with Crippen molar-refractivity contribution in [2.24, 2.45) is 5.92 Å². The van der Waals surface area contributed by atoms with E-state index in [0.29, 0.717) is 41.4 Å². The Hall–Kier alpha value is -2.60. The third-order valence-corrected chi connectivity index (χ3v) is 6.05. The van der Waals surface area contributed by atoms with Crippen LogP contribution < -0.4 is 4.74 Å². The van der Waals surface area contributed by atoms with Gasteiger partial charge in [-0.25, -0.2) is 9.97 Å². The summed E-state index contributed by atoms with van der Waals surface area (Å²) in [5, 5.41) is 0.540. The van der Waals surface area contributed by atoms with E-state index in [9.17, 15) is 4.79 Å². The van der Waals surface area contributed by atoms with E-state index in [1.54, 1.807) is 25.3 Å². The van der Waals surface area contributed by atoms with Crippen LogP contribution in [0.2, 0.25) is 5.02 Å². The van der Waals surface area contributed by atoms with E-state index in [1.165, 1.54) is 12.8 Å². The van der Waals surface area contributed by atoms with Gasteiger partial charge in [-0.1, -0.05) is 38.3 Å². The number of carbonyl (C=O) groups excluding carboxylic acids is 1. The third-order valence-electron chi connectivity index (χ3n) is 5.81. The Morgan fingerprint density at radius 3 is 2.77 bits per heavy atom. The maximum Gasteiger partial charge on any atom is 0.258 e. The third kappa shape index (κ3) is 4.54. The van der Waals surface area contributed by atoms with Gasteiger partial charge in [-0.05, 0) is 49.1 Å². The van der Waals surface area contributed by atoms with E-state index in [2.05, 4.69) is 23.4 Å². The van der Waals surface area contributed by atoms with Crippen LogP contribution >= 0.6 is 11.6 Å². The number of halogens is 1. The zero-order valence-electron chi connectivity index (χ0n) is 18.3. The van der Waals surface area contributed by atoms with E-state index < -0.39 is 0 Å². The topological polar surface area (TPSA) is 60.2 Å². The molecule has 2 aromatic heterocycles. The number of benzene rings is 1. The van der Waals surface area contributed by atoms with Crippen LogP contribution in [-0.2, 0) is 6.54 Å². The summed E-state index contributed by atoms with van der Waals surface area (Å²) in [5.74, 6) is 1.60. The normalized spacial score (nSPS) is 14.5. The van der Waals surface area contributed by atoms with Gasteiger partial charge >= 0.3 is 0 Å². The number of methoxy groups -OCH3 is 1. The molecule has 164 valence electrons. The molecular formula is C24H29ClN4O2. The van der Waals surface area contributed by atoms with Gasteiger partial charge in [0.1, 0.15) is 17.1 Å². The molecule has 7 heteroatoms. The fraction of sp³-hybridized carbons (Fsp3) is 0.458. The van der Waals surface area contributed by atoms with Crippen molar-refractivity contribution in [2.45, 2.75) is 52.1 Å². The fourth-order valence-electron chi connectivity index (χ4n) is 4.48. The summed E-state index contributed by atoms with van der Waals surface area (Å²) in [5.41, 5.74) is 2.30. The van der Waals surface area contributed by atoms with Gasteiger partial charge in [-0.15, -0.1) is 0 Å². The van der Waals surface area contributed by atoms with Crippen molar-refractivity contribution in [3.63, 3.8) is 0 Å². The van der Waals surface area contributed by atoms with Gasteiger partial charge in [0.2, 0.25) is 0 Å². The van der Waals surface area contributed by atoms with Crippen LogP contribution in [0.4, 0.5) is 0 Å². The molecule has 1 amide bonds. The lowest BCUT2D eigenvalue weighted by Gasteiger charge is -2.26. The molecule has 0 atom stereocenters. The van der Waals surface area contributed by atoms with Gasteiger partial charge < -0.3 is 14.2 Å². The minimum absolute atomic E-state index is 0.0831. The summed E-state index contributed by atoms with van der Waals surface area (Å²) in [6.45, 7) is 5.27. The lowest BCUT2D eigenvalue weighted by Crippen LogP contribution is -2.35. The maximum atomic E-state index is 13.6. The molecule has 1 aromatic carbocycles. The van der Waals surface area contributed by atoms with Crippen molar-refractivity contribution in [1.29, 1.82) is 0 Å². The highest BCUT2D eigenvalue weighted by atomic mass is 35.5. The second-order valence-electron chi connectivity index (χ2n) is 8.61. The first kappa shape index (κ1) is 21.6. The summed E-state index contributed by atoms with van der Waals surface area (Å²) >= 11 is 6.11. The molecule has 4 rings (SSSR count). The van der Waals surface area contributed by atoms with Crippen LogP contribution in [0, 0.1) is 5.92 Å². The Bertz CT molecular complexity index is 1070. The fourth-order valence-corrected chi connectivity index (χ4v) is 4.64. The highest BCUT2D eigenvalue weighted by Crippen LogP contribution is 2.34. The van der Waals surface area contributed by atoms with Crippen LogP contribution in [0.5, 0.6) is 5.75 Å². The van der Waals surface area contributed by atoms with Crippen LogP contribution in [0.15, 0.2) is 36.5 Å². The van der Waals surface area contributed by atoms with Crippen molar-refractivity contribution in [3.05, 3.63) is 52.9 Å². The van der Waals surface area contributed by atoms with E-state index in [1.807, 2.05) is 23.2 Å². The highest BCUT2D eigenvalue weighted by molar-refractivity contribution is 6.30. The molecule has 1 aliphatic carbocycles. The molecule has 0 bridgehead atoms. The van der Waals surface area contributed by atoms with Gasteiger partial charge in [-0.3, -0.25) is 4.79 Å². The summed E-state index contributed by atoms with van der Waals surface area (Å²) in [4.78, 5) is 24.9. The summed E-state index contributed by atoms with van der Waals surface area (Å²) < 4.78 is 7.71. The highest BCUT2D eigenvalue weighted by Gasteiger charge is 2.27. The number of hydrogen-bond acceptors (Lipinski definition) is 4. The summed E-state index contributed by atoms with van der Waals surface area (Å²) in [7, 11) is 1.56. The Kier molecular flexibility index (Phi) is 6.46. The number of pyridine rings is 1. The van der Waals surface area contributed by atoms with Crippen molar-refractivity contribution in [2.75, 3.05) is 13.7 Å². The van der Waals surface area contributed by atoms with E-state index in [4.69, 9.17) is 21.3 Å². The smallest absolute Gasteiger partial charge is 0.258 e. The second kappa shape index (κ2) is 9.27. The average molecular weight is 441 g/mol. The Morgan fingerprint density at radius 2 is 2.06 bits per heavy atom. The predicted octanol–water partition coefficient (Wildman–Crippen LogP) is 5.51. The number of fused-ring (bicyclic) bond motifs is 1. The zero-order chi connectivity index (χ0) is 22.0. The number of hydrogen-bond donors (Lipinski definition) is 0. The van der Waals surface area contributed by atoms with Gasteiger partial charge in [0, 0.05) is 23.8 Å².